The Hall–Kier alpha value is -1.95. The molecule has 6 heteroatoms. The fraction of sp³-hybridized carbons (Fsp3) is 0.429. The quantitative estimate of drug-likeness (QED) is 0.896. The van der Waals surface area contributed by atoms with Crippen LogP contribution < -0.4 is 0 Å². The van der Waals surface area contributed by atoms with Crippen LogP contribution in [0.3, 0.4) is 0 Å². The van der Waals surface area contributed by atoms with Gasteiger partial charge in [-0.15, -0.1) is 0 Å². The topological polar surface area (TPSA) is 66.8 Å². The molecule has 0 aromatic heterocycles. The molecule has 0 aliphatic carbocycles. The summed E-state index contributed by atoms with van der Waals surface area (Å²) in [6, 6.07) is 5.59. The van der Waals surface area contributed by atoms with Gasteiger partial charge in [-0.3, -0.25) is 4.79 Å². The summed E-state index contributed by atoms with van der Waals surface area (Å²) in [6.45, 7) is 0.529. The van der Waals surface area contributed by atoms with E-state index in [1.165, 1.54) is 24.3 Å². The number of halogens is 1. The van der Waals surface area contributed by atoms with Crippen LogP contribution in [0.1, 0.15) is 30.9 Å². The van der Waals surface area contributed by atoms with E-state index >= 15 is 0 Å². The third kappa shape index (κ3) is 3.54. The largest absolute Gasteiger partial charge is 0.447 e. The van der Waals surface area contributed by atoms with Crippen LogP contribution in [0.5, 0.6) is 0 Å². The van der Waals surface area contributed by atoms with Crippen LogP contribution >= 0.6 is 0 Å². The summed E-state index contributed by atoms with van der Waals surface area (Å²) in [5.74, 6) is -0.650. The lowest BCUT2D eigenvalue weighted by Crippen LogP contribution is -2.31. The number of benzene rings is 1. The van der Waals surface area contributed by atoms with Gasteiger partial charge in [0.15, 0.2) is 0 Å². The number of aliphatic hydroxyl groups excluding tert-OH is 1. The lowest BCUT2D eigenvalue weighted by molar-refractivity contribution is -0.127. The number of hydrogen-bond donors (Lipinski definition) is 1. The highest BCUT2D eigenvalue weighted by atomic mass is 19.1. The minimum absolute atomic E-state index is 0.174. The number of aliphatic hydroxyl groups is 1. The first-order chi connectivity index (χ1) is 9.58. The van der Waals surface area contributed by atoms with Gasteiger partial charge in [0.25, 0.3) is 0 Å². The van der Waals surface area contributed by atoms with E-state index in [9.17, 15) is 19.1 Å². The Kier molecular flexibility index (Phi) is 4.68. The predicted octanol–water partition coefficient (Wildman–Crippen LogP) is 2.01. The number of carbonyl (C=O) groups excluding carboxylic acids is 2. The molecule has 1 aliphatic rings. The molecule has 1 fully saturated rings. The second kappa shape index (κ2) is 6.47. The lowest BCUT2D eigenvalue weighted by Gasteiger charge is -2.13. The van der Waals surface area contributed by atoms with Crippen molar-refractivity contribution in [2.75, 3.05) is 13.2 Å². The molecule has 1 atom stereocenters. The summed E-state index contributed by atoms with van der Waals surface area (Å²) in [5.41, 5.74) is 0.611. The summed E-state index contributed by atoms with van der Waals surface area (Å²) in [5, 5.41) is 9.90. The molecule has 1 aromatic carbocycles. The van der Waals surface area contributed by atoms with Crippen molar-refractivity contribution in [1.29, 1.82) is 0 Å². The van der Waals surface area contributed by atoms with Crippen molar-refractivity contribution in [1.82, 2.24) is 4.90 Å². The lowest BCUT2D eigenvalue weighted by atomic mass is 10.0. The fourth-order valence-electron chi connectivity index (χ4n) is 2.05. The second-order valence-electron chi connectivity index (χ2n) is 4.62. The molecule has 1 heterocycles. The van der Waals surface area contributed by atoms with Gasteiger partial charge in [0.2, 0.25) is 5.91 Å². The van der Waals surface area contributed by atoms with Crippen molar-refractivity contribution in [3.8, 4) is 0 Å². The predicted molar refractivity (Wildman–Crippen MR) is 68.3 cm³/mol. The molecule has 0 radical (unpaired) electrons. The van der Waals surface area contributed by atoms with Crippen molar-refractivity contribution >= 4 is 12.0 Å². The highest BCUT2D eigenvalue weighted by Crippen LogP contribution is 2.20. The molecule has 1 unspecified atom stereocenters. The minimum atomic E-state index is -0.742. The summed E-state index contributed by atoms with van der Waals surface area (Å²) >= 11 is 0. The zero-order valence-electron chi connectivity index (χ0n) is 10.9. The third-order valence-electron chi connectivity index (χ3n) is 3.18. The molecule has 0 spiro atoms. The van der Waals surface area contributed by atoms with Crippen molar-refractivity contribution in [2.24, 2.45) is 0 Å². The number of imide groups is 1. The van der Waals surface area contributed by atoms with E-state index < -0.39 is 12.2 Å². The van der Waals surface area contributed by atoms with E-state index in [0.717, 1.165) is 4.90 Å². The molecule has 0 saturated carbocycles. The van der Waals surface area contributed by atoms with E-state index in [1.807, 2.05) is 0 Å². The average molecular weight is 281 g/mol. The van der Waals surface area contributed by atoms with Crippen molar-refractivity contribution in [3.63, 3.8) is 0 Å². The van der Waals surface area contributed by atoms with E-state index in [1.54, 1.807) is 0 Å². The number of carbonyl (C=O) groups is 2. The Morgan fingerprint density at radius 2 is 2.10 bits per heavy atom. The summed E-state index contributed by atoms with van der Waals surface area (Å²) in [7, 11) is 0. The SMILES string of the molecule is O=C(CCCC(O)c1ccc(F)cc1)N1CCOC1=O. The molecule has 1 saturated heterocycles. The van der Waals surface area contributed by atoms with Crippen molar-refractivity contribution in [3.05, 3.63) is 35.6 Å². The van der Waals surface area contributed by atoms with Gasteiger partial charge in [-0.1, -0.05) is 12.1 Å². The number of amides is 2. The van der Waals surface area contributed by atoms with Gasteiger partial charge in [-0.05, 0) is 30.5 Å². The monoisotopic (exact) mass is 281 g/mol. The van der Waals surface area contributed by atoms with Gasteiger partial charge in [-0.25, -0.2) is 14.1 Å². The second-order valence-corrected chi connectivity index (χ2v) is 4.62. The first-order valence-corrected chi connectivity index (χ1v) is 6.48. The minimum Gasteiger partial charge on any atom is -0.447 e. The molecule has 20 heavy (non-hydrogen) atoms. The molecule has 108 valence electrons. The third-order valence-corrected chi connectivity index (χ3v) is 3.18. The Labute approximate surface area is 116 Å². The Balaban J connectivity index is 1.76. The van der Waals surface area contributed by atoms with Crippen LogP contribution in [-0.2, 0) is 9.53 Å². The Morgan fingerprint density at radius 1 is 1.40 bits per heavy atom. The first kappa shape index (κ1) is 14.5. The van der Waals surface area contributed by atoms with E-state index in [0.29, 0.717) is 18.4 Å². The molecule has 1 aliphatic heterocycles. The number of nitrogens with zero attached hydrogens (tertiary/aromatic N) is 1. The summed E-state index contributed by atoms with van der Waals surface area (Å²) in [6.07, 6.45) is -0.350. The normalized spacial score (nSPS) is 16.1. The van der Waals surface area contributed by atoms with E-state index in [4.69, 9.17) is 0 Å². The van der Waals surface area contributed by atoms with Crippen LogP contribution in [0.4, 0.5) is 9.18 Å². The highest BCUT2D eigenvalue weighted by Gasteiger charge is 2.27. The average Bonchev–Trinajstić information content (AvgIpc) is 2.85. The Morgan fingerprint density at radius 3 is 2.70 bits per heavy atom. The number of hydrogen-bond acceptors (Lipinski definition) is 4. The standard InChI is InChI=1S/C14H16FNO4/c15-11-6-4-10(5-7-11)12(17)2-1-3-13(18)16-8-9-20-14(16)19/h4-7,12,17H,1-3,8-9H2. The van der Waals surface area contributed by atoms with Gasteiger partial charge in [0.05, 0.1) is 12.6 Å². The molecule has 2 amide bonds. The zero-order valence-corrected chi connectivity index (χ0v) is 10.9. The number of ether oxygens (including phenoxy) is 1. The van der Waals surface area contributed by atoms with Crippen LogP contribution in [0, 0.1) is 5.82 Å². The molecular formula is C14H16FNO4. The van der Waals surface area contributed by atoms with Crippen LogP contribution in [0.2, 0.25) is 0 Å². The highest BCUT2D eigenvalue weighted by molar-refractivity contribution is 5.92. The number of cyclic esters (lactones) is 1. The van der Waals surface area contributed by atoms with Crippen molar-refractivity contribution in [2.45, 2.75) is 25.4 Å². The van der Waals surface area contributed by atoms with Gasteiger partial charge < -0.3 is 9.84 Å². The van der Waals surface area contributed by atoms with Gasteiger partial charge in [0.1, 0.15) is 12.4 Å². The maximum atomic E-state index is 12.7. The zero-order chi connectivity index (χ0) is 14.5. The fourth-order valence-corrected chi connectivity index (χ4v) is 2.05. The molecule has 2 rings (SSSR count). The summed E-state index contributed by atoms with van der Waals surface area (Å²) in [4.78, 5) is 24.0. The maximum Gasteiger partial charge on any atom is 0.416 e. The molecule has 0 bridgehead atoms. The van der Waals surface area contributed by atoms with E-state index in [2.05, 4.69) is 4.74 Å². The van der Waals surface area contributed by atoms with Crippen LogP contribution in [0.15, 0.2) is 24.3 Å². The van der Waals surface area contributed by atoms with Crippen LogP contribution in [0.25, 0.3) is 0 Å². The van der Waals surface area contributed by atoms with Crippen LogP contribution in [-0.4, -0.2) is 35.2 Å². The van der Waals surface area contributed by atoms with E-state index in [-0.39, 0.29) is 31.3 Å². The Bertz CT molecular complexity index is 488. The molecule has 1 N–H and O–H groups in total. The molecule has 1 aromatic rings. The first-order valence-electron chi connectivity index (χ1n) is 6.48. The maximum absolute atomic E-state index is 12.7. The summed E-state index contributed by atoms with van der Waals surface area (Å²) < 4.78 is 17.4. The number of rotatable bonds is 5. The van der Waals surface area contributed by atoms with Gasteiger partial charge >= 0.3 is 6.09 Å². The van der Waals surface area contributed by atoms with Crippen molar-refractivity contribution < 1.29 is 23.8 Å². The van der Waals surface area contributed by atoms with Gasteiger partial charge in [0, 0.05) is 6.42 Å². The molecule has 5 nitrogen and oxygen atoms in total. The smallest absolute Gasteiger partial charge is 0.416 e. The molecular weight excluding hydrogens is 265 g/mol. The van der Waals surface area contributed by atoms with Gasteiger partial charge in [-0.2, -0.15) is 0 Å².